The lowest BCUT2D eigenvalue weighted by Crippen LogP contribution is -2.25. The number of likely N-dealkylation sites (tertiary alicyclic amines) is 1. The molecule has 26 heavy (non-hydrogen) atoms. The maximum Gasteiger partial charge on any atom is 0.258 e. The first-order valence-corrected chi connectivity index (χ1v) is 9.75. The molecule has 4 rings (SSSR count). The molecule has 0 unspecified atom stereocenters. The van der Waals surface area contributed by atoms with E-state index in [1.54, 1.807) is 31.4 Å². The normalized spacial score (nSPS) is 17.9. The van der Waals surface area contributed by atoms with E-state index in [4.69, 9.17) is 0 Å². The second-order valence-corrected chi connectivity index (χ2v) is 8.02. The number of aromatic nitrogens is 3. The molecule has 0 aromatic carbocycles. The van der Waals surface area contributed by atoms with E-state index in [9.17, 15) is 4.79 Å². The van der Waals surface area contributed by atoms with Gasteiger partial charge in [-0.25, -0.2) is 9.50 Å². The van der Waals surface area contributed by atoms with Crippen LogP contribution in [0.2, 0.25) is 0 Å². The predicted octanol–water partition coefficient (Wildman–Crippen LogP) is 3.14. The zero-order valence-electron chi connectivity index (χ0n) is 15.3. The summed E-state index contributed by atoms with van der Waals surface area (Å²) in [6.45, 7) is 4.22. The van der Waals surface area contributed by atoms with Gasteiger partial charge in [-0.05, 0) is 49.4 Å². The highest BCUT2D eigenvalue weighted by Crippen LogP contribution is 2.34. The number of thiophene rings is 1. The van der Waals surface area contributed by atoms with E-state index in [0.29, 0.717) is 17.3 Å². The number of nitrogens with zero attached hydrogens (tertiary/aromatic N) is 5. The van der Waals surface area contributed by atoms with Gasteiger partial charge in [0.2, 0.25) is 0 Å². The van der Waals surface area contributed by atoms with Gasteiger partial charge < -0.3 is 4.90 Å². The summed E-state index contributed by atoms with van der Waals surface area (Å²) in [4.78, 5) is 22.3. The number of carbonyl (C=O) groups excluding carboxylic acids is 1. The molecule has 1 atom stereocenters. The van der Waals surface area contributed by atoms with Crippen LogP contribution in [0.25, 0.3) is 5.65 Å². The molecule has 1 saturated heterocycles. The second kappa shape index (κ2) is 6.81. The van der Waals surface area contributed by atoms with E-state index in [2.05, 4.69) is 33.4 Å². The summed E-state index contributed by atoms with van der Waals surface area (Å²) >= 11 is 1.82. The zero-order valence-corrected chi connectivity index (χ0v) is 16.2. The van der Waals surface area contributed by atoms with E-state index in [0.717, 1.165) is 25.2 Å². The van der Waals surface area contributed by atoms with Crippen LogP contribution >= 0.6 is 11.3 Å². The molecular formula is C19H23N5OS. The maximum atomic E-state index is 12.4. The Labute approximate surface area is 157 Å². The van der Waals surface area contributed by atoms with E-state index < -0.39 is 0 Å². The molecule has 7 heteroatoms. The van der Waals surface area contributed by atoms with Crippen molar-refractivity contribution in [3.63, 3.8) is 0 Å². The Morgan fingerprint density at radius 1 is 1.38 bits per heavy atom. The summed E-state index contributed by atoms with van der Waals surface area (Å²) in [5.41, 5.74) is 3.66. The molecule has 1 aliphatic heterocycles. The van der Waals surface area contributed by atoms with Crippen molar-refractivity contribution in [1.82, 2.24) is 24.4 Å². The van der Waals surface area contributed by atoms with Crippen molar-refractivity contribution in [2.24, 2.45) is 0 Å². The molecule has 0 aliphatic carbocycles. The molecule has 4 heterocycles. The third-order valence-electron chi connectivity index (χ3n) is 5.09. The number of hydrogen-bond donors (Lipinski definition) is 0. The fourth-order valence-corrected chi connectivity index (χ4v) is 4.59. The fraction of sp³-hybridized carbons (Fsp3) is 0.421. The summed E-state index contributed by atoms with van der Waals surface area (Å²) in [7, 11) is 3.50. The monoisotopic (exact) mass is 369 g/mol. The quantitative estimate of drug-likeness (QED) is 0.709. The molecule has 3 aromatic rings. The number of fused-ring (bicyclic) bond motifs is 1. The largest absolute Gasteiger partial charge is 0.345 e. The first kappa shape index (κ1) is 17.2. The van der Waals surface area contributed by atoms with Crippen LogP contribution in [0.4, 0.5) is 0 Å². The lowest BCUT2D eigenvalue weighted by Gasteiger charge is -2.24. The lowest BCUT2D eigenvalue weighted by atomic mass is 10.1. The van der Waals surface area contributed by atoms with Crippen molar-refractivity contribution >= 4 is 22.9 Å². The Morgan fingerprint density at radius 2 is 2.23 bits per heavy atom. The summed E-state index contributed by atoms with van der Waals surface area (Å²) in [6.07, 6.45) is 5.70. The van der Waals surface area contributed by atoms with Crippen LogP contribution in [0.3, 0.4) is 0 Å². The standard InChI is InChI=1S/C19H23N5OS/c1-13-7-10-26-17(13)12-23-9-4-5-15(23)16-6-8-20-18-14(11-21-24(16)18)19(25)22(2)3/h6-8,10-11,15H,4-5,9,12H2,1-3H3/t15-/m0/s1. The Morgan fingerprint density at radius 3 is 2.96 bits per heavy atom. The number of carbonyl (C=O) groups is 1. The number of aryl methyl sites for hydroxylation is 1. The fourth-order valence-electron chi connectivity index (χ4n) is 3.65. The van der Waals surface area contributed by atoms with Crippen molar-refractivity contribution in [1.29, 1.82) is 0 Å². The average molecular weight is 369 g/mol. The highest BCUT2D eigenvalue weighted by molar-refractivity contribution is 7.10. The molecule has 3 aromatic heterocycles. The van der Waals surface area contributed by atoms with E-state index in [1.165, 1.54) is 16.9 Å². The number of hydrogen-bond acceptors (Lipinski definition) is 5. The van der Waals surface area contributed by atoms with E-state index in [1.807, 2.05) is 21.9 Å². The minimum atomic E-state index is -0.0675. The van der Waals surface area contributed by atoms with Gasteiger partial charge >= 0.3 is 0 Å². The smallest absolute Gasteiger partial charge is 0.258 e. The summed E-state index contributed by atoms with van der Waals surface area (Å²) in [5, 5.41) is 6.66. The lowest BCUT2D eigenvalue weighted by molar-refractivity contribution is 0.0829. The molecule has 0 spiro atoms. The van der Waals surface area contributed by atoms with Gasteiger partial charge in [0.25, 0.3) is 5.91 Å². The van der Waals surface area contributed by atoms with Crippen molar-refractivity contribution in [2.45, 2.75) is 32.4 Å². The van der Waals surface area contributed by atoms with E-state index >= 15 is 0 Å². The average Bonchev–Trinajstić information content (AvgIpc) is 3.35. The van der Waals surface area contributed by atoms with Crippen molar-refractivity contribution in [2.75, 3.05) is 20.6 Å². The zero-order chi connectivity index (χ0) is 18.3. The molecule has 6 nitrogen and oxygen atoms in total. The molecule has 1 fully saturated rings. The van der Waals surface area contributed by atoms with Crippen LogP contribution < -0.4 is 0 Å². The number of amides is 1. The van der Waals surface area contributed by atoms with E-state index in [-0.39, 0.29) is 5.91 Å². The Balaban J connectivity index is 1.69. The number of rotatable bonds is 4. The Bertz CT molecular complexity index is 944. The maximum absolute atomic E-state index is 12.4. The Hall–Kier alpha value is -2.25. The van der Waals surface area contributed by atoms with Gasteiger partial charge in [-0.3, -0.25) is 9.69 Å². The molecular weight excluding hydrogens is 346 g/mol. The first-order chi connectivity index (χ1) is 12.6. The summed E-state index contributed by atoms with van der Waals surface area (Å²) < 4.78 is 1.85. The van der Waals surface area contributed by atoms with Gasteiger partial charge in [0.05, 0.1) is 17.9 Å². The topological polar surface area (TPSA) is 53.7 Å². The van der Waals surface area contributed by atoms with Crippen LogP contribution in [0.5, 0.6) is 0 Å². The third kappa shape index (κ3) is 2.91. The van der Waals surface area contributed by atoms with Crippen LogP contribution in [0.15, 0.2) is 29.9 Å². The minimum Gasteiger partial charge on any atom is -0.345 e. The second-order valence-electron chi connectivity index (χ2n) is 7.02. The predicted molar refractivity (Wildman–Crippen MR) is 102 cm³/mol. The van der Waals surface area contributed by atoms with Crippen LogP contribution in [-0.2, 0) is 6.54 Å². The van der Waals surface area contributed by atoms with Crippen molar-refractivity contribution < 1.29 is 4.79 Å². The van der Waals surface area contributed by atoms with Gasteiger partial charge in [-0.15, -0.1) is 11.3 Å². The molecule has 1 aliphatic rings. The first-order valence-electron chi connectivity index (χ1n) is 8.87. The summed E-state index contributed by atoms with van der Waals surface area (Å²) in [5.74, 6) is -0.0675. The van der Waals surface area contributed by atoms with Crippen LogP contribution in [0, 0.1) is 6.92 Å². The van der Waals surface area contributed by atoms with Gasteiger partial charge in [0, 0.05) is 31.7 Å². The van der Waals surface area contributed by atoms with Gasteiger partial charge in [-0.1, -0.05) is 0 Å². The van der Waals surface area contributed by atoms with Crippen molar-refractivity contribution in [3.05, 3.63) is 51.6 Å². The molecule has 0 bridgehead atoms. The molecule has 0 radical (unpaired) electrons. The highest BCUT2D eigenvalue weighted by Gasteiger charge is 2.29. The minimum absolute atomic E-state index is 0.0675. The Kier molecular flexibility index (Phi) is 4.50. The highest BCUT2D eigenvalue weighted by atomic mass is 32.1. The van der Waals surface area contributed by atoms with Crippen LogP contribution in [0.1, 0.15) is 45.4 Å². The molecule has 0 N–H and O–H groups in total. The van der Waals surface area contributed by atoms with Gasteiger partial charge in [0.15, 0.2) is 5.65 Å². The summed E-state index contributed by atoms with van der Waals surface area (Å²) in [6, 6.07) is 4.51. The SMILES string of the molecule is Cc1ccsc1CN1CCC[C@H]1c1ccnc2c(C(=O)N(C)C)cnn12. The van der Waals surface area contributed by atoms with Gasteiger partial charge in [0.1, 0.15) is 5.56 Å². The molecule has 1 amide bonds. The molecule has 136 valence electrons. The third-order valence-corrected chi connectivity index (χ3v) is 6.09. The molecule has 0 saturated carbocycles. The van der Waals surface area contributed by atoms with Crippen LogP contribution in [-0.4, -0.2) is 50.9 Å². The van der Waals surface area contributed by atoms with Gasteiger partial charge in [-0.2, -0.15) is 5.10 Å². The van der Waals surface area contributed by atoms with Crippen molar-refractivity contribution in [3.8, 4) is 0 Å².